The van der Waals surface area contributed by atoms with E-state index >= 15 is 0 Å². The molecule has 0 aliphatic heterocycles. The fraction of sp³-hybridized carbons (Fsp3) is 0.176. The standard InChI is InChI=1S/C17H11F5N4/c18-16(19)26-13-8-4-2-6-11(13)23-14(26)9-25-12-7-3-1-5-10(12)24-15(25)17(20,21)22/h1-8,16H,9H2. The number of hydrogen-bond donors (Lipinski definition) is 0. The number of benzene rings is 2. The molecule has 0 radical (unpaired) electrons. The molecule has 0 N–H and O–H groups in total. The van der Waals surface area contributed by atoms with Gasteiger partial charge in [0.15, 0.2) is 0 Å². The molecule has 26 heavy (non-hydrogen) atoms. The van der Waals surface area contributed by atoms with E-state index in [4.69, 9.17) is 0 Å². The van der Waals surface area contributed by atoms with Gasteiger partial charge >= 0.3 is 12.7 Å². The molecule has 0 bridgehead atoms. The largest absolute Gasteiger partial charge is 0.449 e. The first-order chi connectivity index (χ1) is 12.4. The second-order valence-corrected chi connectivity index (χ2v) is 5.67. The van der Waals surface area contributed by atoms with Gasteiger partial charge in [-0.1, -0.05) is 24.3 Å². The number of rotatable bonds is 3. The van der Waals surface area contributed by atoms with Crippen LogP contribution >= 0.6 is 0 Å². The van der Waals surface area contributed by atoms with Crippen LogP contribution in [0, 0.1) is 0 Å². The molecule has 134 valence electrons. The predicted molar refractivity (Wildman–Crippen MR) is 84.8 cm³/mol. The molecule has 0 saturated heterocycles. The highest BCUT2D eigenvalue weighted by Crippen LogP contribution is 2.33. The maximum Gasteiger partial charge on any atom is 0.449 e. The Bertz CT molecular complexity index is 1090. The molecule has 9 heteroatoms. The van der Waals surface area contributed by atoms with Gasteiger partial charge < -0.3 is 4.57 Å². The number of alkyl halides is 5. The van der Waals surface area contributed by atoms with Crippen LogP contribution in [0.3, 0.4) is 0 Å². The number of nitrogens with zero attached hydrogens (tertiary/aromatic N) is 4. The SMILES string of the molecule is FC(F)n1c(Cn2c(C(F)(F)F)nc3ccccc32)nc2ccccc21. The van der Waals surface area contributed by atoms with Crippen LogP contribution in [-0.2, 0) is 12.7 Å². The molecule has 0 saturated carbocycles. The molecule has 2 heterocycles. The molecule has 4 nitrogen and oxygen atoms in total. The van der Waals surface area contributed by atoms with E-state index in [1.54, 1.807) is 24.3 Å². The van der Waals surface area contributed by atoms with Gasteiger partial charge in [-0.25, -0.2) is 9.97 Å². The lowest BCUT2D eigenvalue weighted by Gasteiger charge is -2.13. The molecule has 0 aliphatic rings. The Morgan fingerprint density at radius 2 is 1.42 bits per heavy atom. The van der Waals surface area contributed by atoms with Crippen molar-refractivity contribution < 1.29 is 22.0 Å². The van der Waals surface area contributed by atoms with E-state index in [1.807, 2.05) is 0 Å². The van der Waals surface area contributed by atoms with Crippen LogP contribution in [0.2, 0.25) is 0 Å². The zero-order valence-corrected chi connectivity index (χ0v) is 13.1. The summed E-state index contributed by atoms with van der Waals surface area (Å²) in [5, 5.41) is 0. The summed E-state index contributed by atoms with van der Waals surface area (Å²) in [4.78, 5) is 7.73. The first-order valence-electron chi connectivity index (χ1n) is 7.62. The molecule has 4 aromatic rings. The Kier molecular flexibility index (Phi) is 3.67. The zero-order valence-electron chi connectivity index (χ0n) is 13.1. The lowest BCUT2D eigenvalue weighted by Crippen LogP contribution is -2.18. The quantitative estimate of drug-likeness (QED) is 0.486. The summed E-state index contributed by atoms with van der Waals surface area (Å²) in [6.07, 6.45) is -4.72. The van der Waals surface area contributed by atoms with Crippen molar-refractivity contribution in [1.82, 2.24) is 19.1 Å². The van der Waals surface area contributed by atoms with Gasteiger partial charge in [-0.2, -0.15) is 22.0 Å². The average Bonchev–Trinajstić information content (AvgIpc) is 3.13. The molecule has 0 amide bonds. The van der Waals surface area contributed by atoms with Crippen molar-refractivity contribution >= 4 is 22.1 Å². The first-order valence-corrected chi connectivity index (χ1v) is 7.62. The van der Waals surface area contributed by atoms with Gasteiger partial charge in [-0.15, -0.1) is 0 Å². The zero-order chi connectivity index (χ0) is 18.5. The molecule has 0 atom stereocenters. The minimum absolute atomic E-state index is 0.138. The Hall–Kier alpha value is -2.97. The van der Waals surface area contributed by atoms with Gasteiger partial charge in [0.2, 0.25) is 5.82 Å². The summed E-state index contributed by atoms with van der Waals surface area (Å²) in [6, 6.07) is 12.2. The van der Waals surface area contributed by atoms with E-state index in [9.17, 15) is 22.0 Å². The Labute approximate surface area is 143 Å². The summed E-state index contributed by atoms with van der Waals surface area (Å²) < 4.78 is 68.8. The fourth-order valence-electron chi connectivity index (χ4n) is 3.02. The third-order valence-corrected chi connectivity index (χ3v) is 4.07. The van der Waals surface area contributed by atoms with Crippen LogP contribution in [0.25, 0.3) is 22.1 Å². The van der Waals surface area contributed by atoms with Gasteiger partial charge in [-0.05, 0) is 24.3 Å². The van der Waals surface area contributed by atoms with Crippen LogP contribution in [0.4, 0.5) is 22.0 Å². The van der Waals surface area contributed by atoms with E-state index in [1.165, 1.54) is 24.3 Å². The first kappa shape index (κ1) is 16.5. The number of fused-ring (bicyclic) bond motifs is 2. The summed E-state index contributed by atoms with van der Waals surface area (Å²) in [5.41, 5.74) is 0.795. The second kappa shape index (κ2) is 5.79. The molecule has 4 rings (SSSR count). The second-order valence-electron chi connectivity index (χ2n) is 5.67. The topological polar surface area (TPSA) is 35.6 Å². The van der Waals surface area contributed by atoms with Gasteiger partial charge in [0, 0.05) is 0 Å². The highest BCUT2D eigenvalue weighted by Gasteiger charge is 2.38. The highest BCUT2D eigenvalue weighted by molar-refractivity contribution is 5.77. The lowest BCUT2D eigenvalue weighted by atomic mass is 10.3. The van der Waals surface area contributed by atoms with E-state index in [0.717, 1.165) is 4.57 Å². The minimum atomic E-state index is -4.72. The van der Waals surface area contributed by atoms with Crippen molar-refractivity contribution in [2.45, 2.75) is 19.3 Å². The van der Waals surface area contributed by atoms with E-state index in [0.29, 0.717) is 10.1 Å². The minimum Gasteiger partial charge on any atom is -0.313 e. The number of para-hydroxylation sites is 4. The summed E-state index contributed by atoms with van der Waals surface area (Å²) in [5.74, 6) is -1.32. The maximum atomic E-state index is 13.5. The smallest absolute Gasteiger partial charge is 0.313 e. The molecule has 0 aliphatic carbocycles. The van der Waals surface area contributed by atoms with Crippen LogP contribution in [0.15, 0.2) is 48.5 Å². The molecule has 0 spiro atoms. The van der Waals surface area contributed by atoms with Gasteiger partial charge in [0.05, 0.1) is 28.6 Å². The molecule has 2 aromatic carbocycles. The number of halogens is 5. The van der Waals surface area contributed by atoms with E-state index < -0.39 is 25.1 Å². The Morgan fingerprint density at radius 1 is 0.846 bits per heavy atom. The molecule has 0 fully saturated rings. The van der Waals surface area contributed by atoms with Crippen molar-refractivity contribution in [2.75, 3.05) is 0 Å². The van der Waals surface area contributed by atoms with Crippen molar-refractivity contribution in [1.29, 1.82) is 0 Å². The maximum absolute atomic E-state index is 13.5. The monoisotopic (exact) mass is 366 g/mol. The molecular formula is C17H11F5N4. The highest BCUT2D eigenvalue weighted by atomic mass is 19.4. The Morgan fingerprint density at radius 3 is 2.04 bits per heavy atom. The van der Waals surface area contributed by atoms with Gasteiger partial charge in [0.1, 0.15) is 5.82 Å². The third kappa shape index (κ3) is 2.59. The number of aromatic nitrogens is 4. The third-order valence-electron chi connectivity index (χ3n) is 4.07. The van der Waals surface area contributed by atoms with Crippen molar-refractivity contribution in [2.24, 2.45) is 0 Å². The Balaban J connectivity index is 1.93. The molecule has 2 aromatic heterocycles. The van der Waals surface area contributed by atoms with E-state index in [2.05, 4.69) is 9.97 Å². The predicted octanol–water partition coefficient (Wildman–Crippen LogP) is 4.85. The number of hydrogen-bond acceptors (Lipinski definition) is 2. The van der Waals surface area contributed by atoms with Crippen molar-refractivity contribution in [3.63, 3.8) is 0 Å². The van der Waals surface area contributed by atoms with Crippen molar-refractivity contribution in [3.05, 3.63) is 60.2 Å². The van der Waals surface area contributed by atoms with Gasteiger partial charge in [0.25, 0.3) is 0 Å². The van der Waals surface area contributed by atoms with Crippen LogP contribution in [0.5, 0.6) is 0 Å². The lowest BCUT2D eigenvalue weighted by molar-refractivity contribution is -0.146. The normalized spacial score (nSPS) is 12.5. The van der Waals surface area contributed by atoms with Crippen molar-refractivity contribution in [3.8, 4) is 0 Å². The molecular weight excluding hydrogens is 355 g/mol. The number of imidazole rings is 2. The van der Waals surface area contributed by atoms with Gasteiger partial charge in [-0.3, -0.25) is 4.57 Å². The fourth-order valence-corrected chi connectivity index (χ4v) is 3.02. The van der Waals surface area contributed by atoms with Crippen LogP contribution < -0.4 is 0 Å². The summed E-state index contributed by atoms with van der Waals surface area (Å²) in [6.45, 7) is -3.41. The average molecular weight is 366 g/mol. The van der Waals surface area contributed by atoms with Crippen LogP contribution in [-0.4, -0.2) is 19.1 Å². The van der Waals surface area contributed by atoms with E-state index in [-0.39, 0.29) is 22.4 Å². The summed E-state index contributed by atoms with van der Waals surface area (Å²) >= 11 is 0. The van der Waals surface area contributed by atoms with Crippen LogP contribution in [0.1, 0.15) is 18.2 Å². The molecule has 0 unspecified atom stereocenters. The summed E-state index contributed by atoms with van der Waals surface area (Å²) in [7, 11) is 0.